The summed E-state index contributed by atoms with van der Waals surface area (Å²) < 4.78 is 7.59. The van der Waals surface area contributed by atoms with Crippen LogP contribution >= 0.6 is 0 Å². The zero-order valence-corrected chi connectivity index (χ0v) is 11.8. The Hall–Kier alpha value is -1.85. The second-order valence-corrected chi connectivity index (χ2v) is 5.21. The first kappa shape index (κ1) is 15.2. The Morgan fingerprint density at radius 1 is 1.32 bits per heavy atom. The van der Waals surface area contributed by atoms with Crippen molar-refractivity contribution in [3.63, 3.8) is 0 Å². The molecule has 1 aromatic heterocycles. The first-order valence-electron chi connectivity index (χ1n) is 6.26. The first-order chi connectivity index (χ1) is 8.74. The maximum atomic E-state index is 11.9. The molecule has 6 heteroatoms. The third-order valence-corrected chi connectivity index (χ3v) is 2.44. The highest BCUT2D eigenvalue weighted by atomic mass is 16.6. The van der Waals surface area contributed by atoms with Gasteiger partial charge in [0, 0.05) is 25.4 Å². The van der Waals surface area contributed by atoms with Crippen molar-refractivity contribution in [2.45, 2.75) is 52.8 Å². The van der Waals surface area contributed by atoms with Crippen LogP contribution in [0.2, 0.25) is 0 Å². The van der Waals surface area contributed by atoms with Crippen LogP contribution in [0.3, 0.4) is 0 Å². The van der Waals surface area contributed by atoms with Gasteiger partial charge in [0.1, 0.15) is 5.60 Å². The number of aryl methyl sites for hydroxylation is 1. The van der Waals surface area contributed by atoms with E-state index >= 15 is 0 Å². The maximum Gasteiger partial charge on any atom is 0.330 e. The standard InChI is InChI=1S/C13H20N2O4/c1-5-14-8-6-10(16)15(12(14)18)9-7-11(17)19-13(2,3)4/h6,8H,5,7,9H2,1-4H3. The fourth-order valence-electron chi connectivity index (χ4n) is 1.60. The molecular formula is C13H20N2O4. The molecule has 0 aliphatic carbocycles. The smallest absolute Gasteiger partial charge is 0.330 e. The molecule has 0 amide bonds. The van der Waals surface area contributed by atoms with Gasteiger partial charge in [-0.15, -0.1) is 0 Å². The molecule has 0 bridgehead atoms. The molecule has 0 spiro atoms. The highest BCUT2D eigenvalue weighted by Gasteiger charge is 2.16. The molecule has 106 valence electrons. The first-order valence-corrected chi connectivity index (χ1v) is 6.26. The third kappa shape index (κ3) is 4.39. The molecule has 1 rings (SSSR count). The molecule has 19 heavy (non-hydrogen) atoms. The van der Waals surface area contributed by atoms with Crippen LogP contribution in [0.4, 0.5) is 0 Å². The molecule has 0 aliphatic rings. The lowest BCUT2D eigenvalue weighted by molar-refractivity contribution is -0.155. The van der Waals surface area contributed by atoms with Gasteiger partial charge in [0.15, 0.2) is 0 Å². The zero-order chi connectivity index (χ0) is 14.6. The van der Waals surface area contributed by atoms with Crippen LogP contribution in [0.1, 0.15) is 34.1 Å². The molecule has 6 nitrogen and oxygen atoms in total. The Bertz CT molecular complexity index is 563. The summed E-state index contributed by atoms with van der Waals surface area (Å²) in [4.78, 5) is 35.1. The molecule has 0 aliphatic heterocycles. The van der Waals surface area contributed by atoms with Gasteiger partial charge < -0.3 is 9.30 Å². The van der Waals surface area contributed by atoms with Crippen molar-refractivity contribution in [3.8, 4) is 0 Å². The molecule has 0 radical (unpaired) electrons. The number of hydrogen-bond acceptors (Lipinski definition) is 4. The van der Waals surface area contributed by atoms with E-state index in [2.05, 4.69) is 0 Å². The van der Waals surface area contributed by atoms with E-state index in [0.717, 1.165) is 4.57 Å². The largest absolute Gasteiger partial charge is 0.460 e. The van der Waals surface area contributed by atoms with Crippen LogP contribution in [-0.2, 0) is 22.6 Å². The average molecular weight is 268 g/mol. The topological polar surface area (TPSA) is 70.3 Å². The molecule has 0 fully saturated rings. The molecule has 0 unspecified atom stereocenters. The normalized spacial score (nSPS) is 11.4. The summed E-state index contributed by atoms with van der Waals surface area (Å²) in [6.07, 6.45) is 1.45. The minimum absolute atomic E-state index is 0.000143. The van der Waals surface area contributed by atoms with Gasteiger partial charge in [-0.05, 0) is 27.7 Å². The van der Waals surface area contributed by atoms with Gasteiger partial charge >= 0.3 is 11.7 Å². The number of carbonyl (C=O) groups excluding carboxylic acids is 1. The van der Waals surface area contributed by atoms with E-state index in [1.807, 2.05) is 6.92 Å². The molecule has 1 aromatic rings. The van der Waals surface area contributed by atoms with Crippen molar-refractivity contribution in [2.24, 2.45) is 0 Å². The lowest BCUT2D eigenvalue weighted by Gasteiger charge is -2.19. The average Bonchev–Trinajstić information content (AvgIpc) is 2.26. The Kier molecular flexibility index (Phi) is 4.69. The number of hydrogen-bond donors (Lipinski definition) is 0. The van der Waals surface area contributed by atoms with Gasteiger partial charge in [0.05, 0.1) is 6.42 Å². The predicted octanol–water partition coefficient (Wildman–Crippen LogP) is 0.762. The number of carbonyl (C=O) groups is 1. The lowest BCUT2D eigenvalue weighted by Crippen LogP contribution is -2.39. The van der Waals surface area contributed by atoms with Crippen molar-refractivity contribution in [3.05, 3.63) is 33.1 Å². The monoisotopic (exact) mass is 268 g/mol. The molecule has 0 saturated carbocycles. The Labute approximate surface area is 111 Å². The third-order valence-electron chi connectivity index (χ3n) is 2.44. The van der Waals surface area contributed by atoms with Gasteiger partial charge in [-0.25, -0.2) is 4.79 Å². The lowest BCUT2D eigenvalue weighted by atomic mass is 10.2. The van der Waals surface area contributed by atoms with Crippen molar-refractivity contribution < 1.29 is 9.53 Å². The SMILES string of the molecule is CCn1ccc(=O)n(CCC(=O)OC(C)(C)C)c1=O. The van der Waals surface area contributed by atoms with Gasteiger partial charge in [0.25, 0.3) is 5.56 Å². The van der Waals surface area contributed by atoms with Crippen molar-refractivity contribution in [2.75, 3.05) is 0 Å². The van der Waals surface area contributed by atoms with Crippen molar-refractivity contribution in [1.29, 1.82) is 0 Å². The minimum Gasteiger partial charge on any atom is -0.460 e. The predicted molar refractivity (Wildman–Crippen MR) is 71.1 cm³/mol. The molecule has 0 N–H and O–H groups in total. The van der Waals surface area contributed by atoms with Crippen molar-refractivity contribution >= 4 is 5.97 Å². The highest BCUT2D eigenvalue weighted by Crippen LogP contribution is 2.08. The second kappa shape index (κ2) is 5.86. The van der Waals surface area contributed by atoms with Gasteiger partial charge in [-0.2, -0.15) is 0 Å². The Morgan fingerprint density at radius 3 is 2.47 bits per heavy atom. The summed E-state index contributed by atoms with van der Waals surface area (Å²) in [5.41, 5.74) is -1.38. The molecule has 1 heterocycles. The van der Waals surface area contributed by atoms with E-state index in [1.54, 1.807) is 20.8 Å². The number of ether oxygens (including phenoxy) is 1. The van der Waals surface area contributed by atoms with Crippen LogP contribution in [0.5, 0.6) is 0 Å². The van der Waals surface area contributed by atoms with Crippen LogP contribution in [0.15, 0.2) is 21.9 Å². The summed E-state index contributed by atoms with van der Waals surface area (Å²) in [6.45, 7) is 7.63. The molecule has 0 saturated heterocycles. The molecule has 0 aromatic carbocycles. The number of aromatic nitrogens is 2. The quantitative estimate of drug-likeness (QED) is 0.756. The summed E-state index contributed by atoms with van der Waals surface area (Å²) >= 11 is 0. The fourth-order valence-corrected chi connectivity index (χ4v) is 1.60. The number of esters is 1. The maximum absolute atomic E-state index is 11.9. The highest BCUT2D eigenvalue weighted by molar-refractivity contribution is 5.69. The van der Waals surface area contributed by atoms with Crippen LogP contribution in [0.25, 0.3) is 0 Å². The van der Waals surface area contributed by atoms with Gasteiger partial charge in [-0.1, -0.05) is 0 Å². The number of rotatable bonds is 4. The Balaban J connectivity index is 2.82. The van der Waals surface area contributed by atoms with Crippen LogP contribution < -0.4 is 11.2 Å². The summed E-state index contributed by atoms with van der Waals surface area (Å²) in [7, 11) is 0. The van der Waals surface area contributed by atoms with E-state index < -0.39 is 22.8 Å². The summed E-state index contributed by atoms with van der Waals surface area (Å²) in [6, 6.07) is 1.32. The molecule has 0 atom stereocenters. The van der Waals surface area contributed by atoms with E-state index in [0.29, 0.717) is 6.54 Å². The summed E-state index contributed by atoms with van der Waals surface area (Å²) in [5.74, 6) is -0.425. The fraction of sp³-hybridized carbons (Fsp3) is 0.615. The molecular weight excluding hydrogens is 248 g/mol. The van der Waals surface area contributed by atoms with Crippen molar-refractivity contribution in [1.82, 2.24) is 9.13 Å². The van der Waals surface area contributed by atoms with Gasteiger partial charge in [0.2, 0.25) is 0 Å². The van der Waals surface area contributed by atoms with Crippen LogP contribution in [-0.4, -0.2) is 20.7 Å². The Morgan fingerprint density at radius 2 is 1.95 bits per heavy atom. The van der Waals surface area contributed by atoms with E-state index in [4.69, 9.17) is 4.74 Å². The van der Waals surface area contributed by atoms with Crippen LogP contribution in [0, 0.1) is 0 Å². The van der Waals surface area contributed by atoms with E-state index in [9.17, 15) is 14.4 Å². The van der Waals surface area contributed by atoms with E-state index in [1.165, 1.54) is 16.8 Å². The second-order valence-electron chi connectivity index (χ2n) is 5.21. The minimum atomic E-state index is -0.567. The van der Waals surface area contributed by atoms with Gasteiger partial charge in [-0.3, -0.25) is 14.2 Å². The van der Waals surface area contributed by atoms with E-state index in [-0.39, 0.29) is 13.0 Å². The summed E-state index contributed by atoms with van der Waals surface area (Å²) in [5, 5.41) is 0. The number of nitrogens with zero attached hydrogens (tertiary/aromatic N) is 2. The zero-order valence-electron chi connectivity index (χ0n) is 11.8.